The van der Waals surface area contributed by atoms with Crippen LogP contribution >= 0.6 is 0 Å². The Bertz CT molecular complexity index is 604. The van der Waals surface area contributed by atoms with Crippen molar-refractivity contribution in [3.8, 4) is 11.4 Å². The van der Waals surface area contributed by atoms with Crippen molar-refractivity contribution in [2.24, 2.45) is 0 Å². The lowest BCUT2D eigenvalue weighted by Crippen LogP contribution is -2.18. The zero-order valence-corrected chi connectivity index (χ0v) is 9.63. The normalized spacial score (nSPS) is 12.5. The van der Waals surface area contributed by atoms with Crippen LogP contribution in [0.15, 0.2) is 36.7 Å². The second kappa shape index (κ2) is 4.77. The Hall–Kier alpha value is -2.12. The lowest BCUT2D eigenvalue weighted by atomic mass is 10.0. The van der Waals surface area contributed by atoms with Crippen LogP contribution < -0.4 is 0 Å². The second-order valence-corrected chi connectivity index (χ2v) is 3.79. The summed E-state index contributed by atoms with van der Waals surface area (Å²) in [6.45, 7) is 0. The largest absolute Gasteiger partial charge is 0.419 e. The third-order valence-electron chi connectivity index (χ3n) is 2.45. The maximum Gasteiger partial charge on any atom is 0.419 e. The van der Waals surface area contributed by atoms with Gasteiger partial charge in [0, 0.05) is 12.4 Å². The minimum absolute atomic E-state index is 0.272. The smallest absolute Gasteiger partial charge is 0.255 e. The van der Waals surface area contributed by atoms with Crippen LogP contribution in [0.3, 0.4) is 0 Å². The number of halogens is 6. The van der Waals surface area contributed by atoms with E-state index in [1.807, 2.05) is 0 Å². The van der Waals surface area contributed by atoms with Crippen molar-refractivity contribution in [3.63, 3.8) is 0 Å². The molecule has 0 aromatic carbocycles. The van der Waals surface area contributed by atoms with Crippen molar-refractivity contribution < 1.29 is 26.3 Å². The van der Waals surface area contributed by atoms with Gasteiger partial charge in [-0.3, -0.25) is 9.97 Å². The number of aromatic nitrogens is 2. The van der Waals surface area contributed by atoms with Crippen molar-refractivity contribution >= 4 is 0 Å². The Labute approximate surface area is 109 Å². The van der Waals surface area contributed by atoms with Crippen LogP contribution in [-0.2, 0) is 12.4 Å². The van der Waals surface area contributed by atoms with Gasteiger partial charge < -0.3 is 0 Å². The molecule has 2 aromatic rings. The third kappa shape index (κ3) is 2.73. The molecule has 106 valence electrons. The van der Waals surface area contributed by atoms with Gasteiger partial charge in [0.05, 0.1) is 16.8 Å². The molecule has 0 N–H and O–H groups in total. The van der Waals surface area contributed by atoms with Gasteiger partial charge in [0.15, 0.2) is 0 Å². The first-order valence-electron chi connectivity index (χ1n) is 5.26. The zero-order valence-electron chi connectivity index (χ0n) is 9.63. The van der Waals surface area contributed by atoms with E-state index in [4.69, 9.17) is 0 Å². The quantitative estimate of drug-likeness (QED) is 0.737. The number of pyridine rings is 2. The van der Waals surface area contributed by atoms with E-state index in [1.54, 1.807) is 0 Å². The topological polar surface area (TPSA) is 25.8 Å². The first kappa shape index (κ1) is 14.3. The summed E-state index contributed by atoms with van der Waals surface area (Å²) in [7, 11) is 0. The molecule has 2 rings (SSSR count). The highest BCUT2D eigenvalue weighted by Crippen LogP contribution is 2.43. The Kier molecular flexibility index (Phi) is 3.41. The molecule has 0 amide bonds. The number of alkyl halides is 6. The van der Waals surface area contributed by atoms with Crippen molar-refractivity contribution in [3.05, 3.63) is 47.8 Å². The van der Waals surface area contributed by atoms with Crippen LogP contribution in [0.25, 0.3) is 11.4 Å². The molecule has 2 aromatic heterocycles. The van der Waals surface area contributed by atoms with E-state index in [-0.39, 0.29) is 5.69 Å². The summed E-state index contributed by atoms with van der Waals surface area (Å²) in [5, 5.41) is 0. The first-order chi connectivity index (χ1) is 9.21. The molecule has 2 nitrogen and oxygen atoms in total. The summed E-state index contributed by atoms with van der Waals surface area (Å²) < 4.78 is 77.0. The lowest BCUT2D eigenvalue weighted by molar-refractivity contribution is -0.161. The average Bonchev–Trinajstić information content (AvgIpc) is 2.37. The maximum atomic E-state index is 13.0. The van der Waals surface area contributed by atoms with Gasteiger partial charge in [-0.1, -0.05) is 6.07 Å². The Balaban J connectivity index is 2.77. The number of hydrogen-bond acceptors (Lipinski definition) is 2. The molecule has 0 aliphatic rings. The first-order valence-corrected chi connectivity index (χ1v) is 5.26. The van der Waals surface area contributed by atoms with E-state index < -0.39 is 29.2 Å². The fourth-order valence-corrected chi connectivity index (χ4v) is 1.68. The zero-order chi connectivity index (χ0) is 15.0. The Morgan fingerprint density at radius 3 is 1.95 bits per heavy atom. The van der Waals surface area contributed by atoms with Gasteiger partial charge in [-0.25, -0.2) is 0 Å². The fourth-order valence-electron chi connectivity index (χ4n) is 1.68. The monoisotopic (exact) mass is 292 g/mol. The van der Waals surface area contributed by atoms with E-state index in [9.17, 15) is 26.3 Å². The van der Waals surface area contributed by atoms with Crippen molar-refractivity contribution in [1.29, 1.82) is 0 Å². The van der Waals surface area contributed by atoms with Crippen LogP contribution in [0.2, 0.25) is 0 Å². The number of nitrogens with zero attached hydrogens (tertiary/aromatic N) is 2. The Morgan fingerprint density at radius 1 is 0.750 bits per heavy atom. The van der Waals surface area contributed by atoms with Crippen LogP contribution in [0.1, 0.15) is 11.1 Å². The molecule has 0 unspecified atom stereocenters. The van der Waals surface area contributed by atoms with E-state index in [0.29, 0.717) is 12.3 Å². The molecular weight excluding hydrogens is 286 g/mol. The summed E-state index contributed by atoms with van der Waals surface area (Å²) in [6, 6.07) is 4.27. The average molecular weight is 292 g/mol. The van der Waals surface area contributed by atoms with Crippen LogP contribution in [0, 0.1) is 0 Å². The molecule has 0 radical (unpaired) electrons. The van der Waals surface area contributed by atoms with Crippen LogP contribution in [0.4, 0.5) is 26.3 Å². The molecule has 0 bridgehead atoms. The van der Waals surface area contributed by atoms with E-state index in [2.05, 4.69) is 9.97 Å². The third-order valence-corrected chi connectivity index (χ3v) is 2.45. The van der Waals surface area contributed by atoms with Crippen LogP contribution in [-0.4, -0.2) is 9.97 Å². The standard InChI is InChI=1S/C12H6F6N2/c13-11(14,15)7-4-6-20-10(9(7)12(16,17)18)8-3-1-2-5-19-8/h1-6H. The highest BCUT2D eigenvalue weighted by atomic mass is 19.4. The van der Waals surface area contributed by atoms with Gasteiger partial charge in [-0.2, -0.15) is 26.3 Å². The highest BCUT2D eigenvalue weighted by molar-refractivity contribution is 5.61. The predicted molar refractivity (Wildman–Crippen MR) is 57.5 cm³/mol. The minimum Gasteiger partial charge on any atom is -0.255 e. The van der Waals surface area contributed by atoms with E-state index in [0.717, 1.165) is 6.07 Å². The molecule has 20 heavy (non-hydrogen) atoms. The van der Waals surface area contributed by atoms with Crippen LogP contribution in [0.5, 0.6) is 0 Å². The summed E-state index contributed by atoms with van der Waals surface area (Å²) >= 11 is 0. The molecule has 0 fully saturated rings. The van der Waals surface area contributed by atoms with Crippen molar-refractivity contribution in [2.75, 3.05) is 0 Å². The minimum atomic E-state index is -5.19. The number of hydrogen-bond donors (Lipinski definition) is 0. The second-order valence-electron chi connectivity index (χ2n) is 3.79. The van der Waals surface area contributed by atoms with Crippen molar-refractivity contribution in [1.82, 2.24) is 9.97 Å². The van der Waals surface area contributed by atoms with Gasteiger partial charge in [0.25, 0.3) is 0 Å². The lowest BCUT2D eigenvalue weighted by Gasteiger charge is -2.17. The SMILES string of the molecule is FC(F)(F)c1ccnc(-c2ccccn2)c1C(F)(F)F. The summed E-state index contributed by atoms with van der Waals surface area (Å²) in [6.07, 6.45) is -8.46. The van der Waals surface area contributed by atoms with Gasteiger partial charge >= 0.3 is 12.4 Å². The molecule has 2 heterocycles. The van der Waals surface area contributed by atoms with E-state index in [1.165, 1.54) is 18.3 Å². The van der Waals surface area contributed by atoms with Gasteiger partial charge in [-0.05, 0) is 18.2 Å². The Morgan fingerprint density at radius 2 is 1.45 bits per heavy atom. The highest BCUT2D eigenvalue weighted by Gasteiger charge is 2.45. The molecule has 0 saturated carbocycles. The molecule has 0 atom stereocenters. The van der Waals surface area contributed by atoms with Crippen molar-refractivity contribution in [2.45, 2.75) is 12.4 Å². The molecule has 8 heteroatoms. The fraction of sp³-hybridized carbons (Fsp3) is 0.167. The molecule has 0 spiro atoms. The summed E-state index contributed by atoms with van der Waals surface area (Å²) in [5.74, 6) is 0. The van der Waals surface area contributed by atoms with Gasteiger partial charge in [0.2, 0.25) is 0 Å². The maximum absolute atomic E-state index is 13.0. The predicted octanol–water partition coefficient (Wildman–Crippen LogP) is 4.18. The molecule has 0 aliphatic carbocycles. The number of rotatable bonds is 1. The summed E-state index contributed by atoms with van der Waals surface area (Å²) in [4.78, 5) is 7.02. The van der Waals surface area contributed by atoms with Gasteiger partial charge in [0.1, 0.15) is 5.69 Å². The summed E-state index contributed by atoms with van der Waals surface area (Å²) in [5.41, 5.74) is -4.72. The van der Waals surface area contributed by atoms with E-state index >= 15 is 0 Å². The molecule has 0 aliphatic heterocycles. The molecular formula is C12H6F6N2. The van der Waals surface area contributed by atoms with Gasteiger partial charge in [-0.15, -0.1) is 0 Å². The molecule has 0 saturated heterocycles.